The summed E-state index contributed by atoms with van der Waals surface area (Å²) in [4.78, 5) is 39.2. The number of anilines is 2. The molecule has 0 fully saturated rings. The van der Waals surface area contributed by atoms with Crippen molar-refractivity contribution >= 4 is 40.9 Å². The minimum Gasteiger partial charge on any atom is -0.467 e. The summed E-state index contributed by atoms with van der Waals surface area (Å²) in [5.74, 6) is -1.50. The molecule has 0 spiro atoms. The Hall–Kier alpha value is -3.91. The first-order valence-corrected chi connectivity index (χ1v) is 11.7. The first-order chi connectivity index (χ1) is 17.2. The molecule has 3 aromatic rings. The van der Waals surface area contributed by atoms with E-state index in [-0.39, 0.29) is 17.5 Å². The van der Waals surface area contributed by atoms with Crippen LogP contribution in [0.25, 0.3) is 11.1 Å². The maximum absolute atomic E-state index is 14.9. The summed E-state index contributed by atoms with van der Waals surface area (Å²) < 4.78 is 19.8. The fourth-order valence-corrected chi connectivity index (χ4v) is 4.43. The molecule has 9 heteroatoms. The average molecular weight is 510 g/mol. The number of rotatable bonds is 6. The summed E-state index contributed by atoms with van der Waals surface area (Å²) >= 11 is 6.04. The highest BCUT2D eigenvalue weighted by molar-refractivity contribution is 6.33. The minimum absolute atomic E-state index is 0.00966. The molecule has 186 valence electrons. The van der Waals surface area contributed by atoms with Crippen LogP contribution in [-0.2, 0) is 16.1 Å². The van der Waals surface area contributed by atoms with Gasteiger partial charge in [0.15, 0.2) is 0 Å². The second kappa shape index (κ2) is 10.4. The van der Waals surface area contributed by atoms with Crippen LogP contribution >= 0.6 is 11.6 Å². The normalized spacial score (nSPS) is 13.4. The topological polar surface area (TPSA) is 87.7 Å². The SMILES string of the molecule is COC(=O)[C@H](C(C)C)N1Cc2ccc(-c3ccc(NC(=O)Nc4ccccc4Cl)c(F)c3)cc2C1=O. The number of halogens is 2. The van der Waals surface area contributed by atoms with Crippen molar-refractivity contribution in [1.29, 1.82) is 0 Å². The van der Waals surface area contributed by atoms with Crippen LogP contribution in [0.15, 0.2) is 60.7 Å². The largest absolute Gasteiger partial charge is 0.467 e. The lowest BCUT2D eigenvalue weighted by Crippen LogP contribution is -2.45. The molecule has 3 aromatic carbocycles. The van der Waals surface area contributed by atoms with Crippen molar-refractivity contribution in [1.82, 2.24) is 4.90 Å². The third-order valence-corrected chi connectivity index (χ3v) is 6.35. The fourth-order valence-electron chi connectivity index (χ4n) is 4.24. The van der Waals surface area contributed by atoms with Crippen LogP contribution in [0.1, 0.15) is 29.8 Å². The number of esters is 1. The van der Waals surface area contributed by atoms with E-state index in [1.54, 1.807) is 48.5 Å². The molecule has 1 heterocycles. The van der Waals surface area contributed by atoms with Crippen molar-refractivity contribution in [2.75, 3.05) is 17.7 Å². The number of hydrogen-bond acceptors (Lipinski definition) is 4. The molecule has 0 saturated carbocycles. The molecular weight excluding hydrogens is 485 g/mol. The second-order valence-corrected chi connectivity index (χ2v) is 9.18. The van der Waals surface area contributed by atoms with Gasteiger partial charge in [-0.2, -0.15) is 0 Å². The van der Waals surface area contributed by atoms with E-state index in [9.17, 15) is 18.8 Å². The number of carbonyl (C=O) groups is 3. The smallest absolute Gasteiger partial charge is 0.328 e. The van der Waals surface area contributed by atoms with Gasteiger partial charge in [-0.3, -0.25) is 4.79 Å². The van der Waals surface area contributed by atoms with Gasteiger partial charge in [0.2, 0.25) is 0 Å². The number of ether oxygens (including phenoxy) is 1. The molecule has 0 aliphatic carbocycles. The number of amides is 3. The molecule has 0 bridgehead atoms. The number of fused-ring (bicyclic) bond motifs is 1. The minimum atomic E-state index is -0.696. The third kappa shape index (κ3) is 5.04. The highest BCUT2D eigenvalue weighted by Crippen LogP contribution is 2.32. The Morgan fingerprint density at radius 2 is 1.67 bits per heavy atom. The van der Waals surface area contributed by atoms with E-state index >= 15 is 0 Å². The van der Waals surface area contributed by atoms with Crippen LogP contribution in [-0.4, -0.2) is 36.0 Å². The van der Waals surface area contributed by atoms with E-state index in [0.717, 1.165) is 5.56 Å². The Morgan fingerprint density at radius 1 is 1.00 bits per heavy atom. The van der Waals surface area contributed by atoms with Crippen molar-refractivity contribution in [3.05, 3.63) is 82.6 Å². The summed E-state index contributed by atoms with van der Waals surface area (Å²) in [6.07, 6.45) is 0. The Kier molecular flexibility index (Phi) is 7.26. The fraction of sp³-hybridized carbons (Fsp3) is 0.222. The quantitative estimate of drug-likeness (QED) is 0.402. The Labute approximate surface area is 213 Å². The lowest BCUT2D eigenvalue weighted by atomic mass is 10.00. The van der Waals surface area contributed by atoms with Crippen LogP contribution in [0, 0.1) is 11.7 Å². The zero-order valence-electron chi connectivity index (χ0n) is 20.0. The van der Waals surface area contributed by atoms with E-state index in [1.807, 2.05) is 13.8 Å². The number of hydrogen-bond donors (Lipinski definition) is 2. The lowest BCUT2D eigenvalue weighted by Gasteiger charge is -2.28. The summed E-state index contributed by atoms with van der Waals surface area (Å²) in [5.41, 5.74) is 2.81. The monoisotopic (exact) mass is 509 g/mol. The maximum atomic E-state index is 14.9. The van der Waals surface area contributed by atoms with Gasteiger partial charge in [0.1, 0.15) is 11.9 Å². The molecule has 1 aliphatic heterocycles. The van der Waals surface area contributed by atoms with E-state index < -0.39 is 23.9 Å². The van der Waals surface area contributed by atoms with Crippen LogP contribution in [0.4, 0.5) is 20.6 Å². The van der Waals surface area contributed by atoms with Gasteiger partial charge in [-0.15, -0.1) is 0 Å². The van der Waals surface area contributed by atoms with Gasteiger partial charge in [-0.05, 0) is 52.9 Å². The molecule has 1 aliphatic rings. The maximum Gasteiger partial charge on any atom is 0.328 e. The summed E-state index contributed by atoms with van der Waals surface area (Å²) in [7, 11) is 1.30. The molecule has 3 amide bonds. The number of carbonyl (C=O) groups excluding carboxylic acids is 3. The first kappa shape index (κ1) is 25.2. The van der Waals surface area contributed by atoms with Crippen molar-refractivity contribution in [2.24, 2.45) is 5.92 Å². The molecule has 0 aromatic heterocycles. The number of benzene rings is 3. The molecule has 0 unspecified atom stereocenters. The van der Waals surface area contributed by atoms with Gasteiger partial charge >= 0.3 is 12.0 Å². The van der Waals surface area contributed by atoms with Crippen LogP contribution in [0.2, 0.25) is 5.02 Å². The number of nitrogens with zero attached hydrogens (tertiary/aromatic N) is 1. The number of para-hydroxylation sites is 1. The Morgan fingerprint density at radius 3 is 2.33 bits per heavy atom. The van der Waals surface area contributed by atoms with Gasteiger partial charge in [0.05, 0.1) is 23.5 Å². The van der Waals surface area contributed by atoms with Gasteiger partial charge in [-0.1, -0.05) is 55.8 Å². The lowest BCUT2D eigenvalue weighted by molar-refractivity contribution is -0.147. The number of urea groups is 1. The standard InChI is InChI=1S/C27H25ClFN3O4/c1-15(2)24(26(34)36-3)32-14-18-9-8-16(12-19(18)25(32)33)17-10-11-23(21(29)13-17)31-27(35)30-22-7-5-4-6-20(22)28/h4-13,15,24H,14H2,1-3H3,(H2,30,31,35)/t24-/m0/s1. The molecule has 36 heavy (non-hydrogen) atoms. The van der Waals surface area contributed by atoms with E-state index in [4.69, 9.17) is 16.3 Å². The molecule has 0 saturated heterocycles. The van der Waals surface area contributed by atoms with Gasteiger partial charge < -0.3 is 20.3 Å². The van der Waals surface area contributed by atoms with E-state index in [0.29, 0.717) is 33.9 Å². The summed E-state index contributed by atoms with van der Waals surface area (Å²) in [5, 5.41) is 5.41. The third-order valence-electron chi connectivity index (χ3n) is 6.02. The zero-order chi connectivity index (χ0) is 26.0. The van der Waals surface area contributed by atoms with Crippen LogP contribution < -0.4 is 10.6 Å². The average Bonchev–Trinajstić information content (AvgIpc) is 3.16. The van der Waals surface area contributed by atoms with Gasteiger partial charge in [-0.25, -0.2) is 14.0 Å². The molecule has 7 nitrogen and oxygen atoms in total. The Balaban J connectivity index is 1.52. The molecular formula is C27H25ClFN3O4. The van der Waals surface area contributed by atoms with Crippen molar-refractivity contribution < 1.29 is 23.5 Å². The molecule has 1 atom stereocenters. The highest BCUT2D eigenvalue weighted by Gasteiger charge is 2.38. The Bertz CT molecular complexity index is 1340. The predicted octanol–water partition coefficient (Wildman–Crippen LogP) is 5.94. The van der Waals surface area contributed by atoms with E-state index in [1.165, 1.54) is 24.1 Å². The highest BCUT2D eigenvalue weighted by atomic mass is 35.5. The number of nitrogens with one attached hydrogen (secondary N) is 2. The van der Waals surface area contributed by atoms with Crippen LogP contribution in [0.5, 0.6) is 0 Å². The number of methoxy groups -OCH3 is 1. The van der Waals surface area contributed by atoms with Crippen LogP contribution in [0.3, 0.4) is 0 Å². The van der Waals surface area contributed by atoms with Gasteiger partial charge in [0.25, 0.3) is 5.91 Å². The summed E-state index contributed by atoms with van der Waals surface area (Å²) in [6, 6.07) is 15.1. The van der Waals surface area contributed by atoms with E-state index in [2.05, 4.69) is 10.6 Å². The molecule has 0 radical (unpaired) electrons. The molecule has 2 N–H and O–H groups in total. The summed E-state index contributed by atoms with van der Waals surface area (Å²) in [6.45, 7) is 4.01. The zero-order valence-corrected chi connectivity index (χ0v) is 20.7. The van der Waals surface area contributed by atoms with Gasteiger partial charge in [0, 0.05) is 12.1 Å². The predicted molar refractivity (Wildman–Crippen MR) is 136 cm³/mol. The first-order valence-electron chi connectivity index (χ1n) is 11.3. The second-order valence-electron chi connectivity index (χ2n) is 8.77. The van der Waals surface area contributed by atoms with Crippen molar-refractivity contribution in [3.8, 4) is 11.1 Å². The van der Waals surface area contributed by atoms with Crippen molar-refractivity contribution in [2.45, 2.75) is 26.4 Å². The molecule has 4 rings (SSSR count). The van der Waals surface area contributed by atoms with Crippen molar-refractivity contribution in [3.63, 3.8) is 0 Å².